The molecule has 11 rings (SSSR count). The van der Waals surface area contributed by atoms with Crippen molar-refractivity contribution < 1.29 is 13.2 Å². The minimum atomic E-state index is -4.61. The van der Waals surface area contributed by atoms with Gasteiger partial charge in [0.25, 0.3) is 6.71 Å². The van der Waals surface area contributed by atoms with E-state index in [0.29, 0.717) is 11.4 Å². The Morgan fingerprint density at radius 2 is 1.09 bits per heavy atom. The Morgan fingerprint density at radius 3 is 1.73 bits per heavy atom. The summed E-state index contributed by atoms with van der Waals surface area (Å²) in [6.45, 7) is 25.1. The molecule has 2 aliphatic heterocycles. The second kappa shape index (κ2) is 14.1. The first-order valence-electron chi connectivity index (χ1n) is 23.9. The number of hydrogen-bond acceptors (Lipinski definition) is 3. The third-order valence-corrected chi connectivity index (χ3v) is 17.3. The fraction of sp³-hybridized carbons (Fsp3) is 0.356. The molecule has 0 bridgehead atoms. The van der Waals surface area contributed by atoms with Crippen molar-refractivity contribution in [3.8, 4) is 11.1 Å². The van der Waals surface area contributed by atoms with E-state index in [-0.39, 0.29) is 33.8 Å². The first-order chi connectivity index (χ1) is 31.0. The molecule has 0 saturated heterocycles. The van der Waals surface area contributed by atoms with Crippen molar-refractivity contribution in [3.05, 3.63) is 149 Å². The van der Waals surface area contributed by atoms with Gasteiger partial charge in [-0.05, 0) is 156 Å². The Labute approximate surface area is 394 Å². The predicted molar refractivity (Wildman–Crippen MR) is 276 cm³/mol. The van der Waals surface area contributed by atoms with Gasteiger partial charge in [0, 0.05) is 33.0 Å². The van der Waals surface area contributed by atoms with Crippen LogP contribution < -0.4 is 26.2 Å². The molecule has 7 heteroatoms. The molecule has 0 unspecified atom stereocenters. The molecule has 0 amide bonds. The van der Waals surface area contributed by atoms with Crippen molar-refractivity contribution in [3.63, 3.8) is 0 Å². The summed E-state index contributed by atoms with van der Waals surface area (Å²) < 4.78 is 48.9. The summed E-state index contributed by atoms with van der Waals surface area (Å²) in [4.78, 5) is 4.43. The lowest BCUT2D eigenvalue weighted by Crippen LogP contribution is -2.61. The summed E-state index contributed by atoms with van der Waals surface area (Å²) in [7, 11) is 0. The van der Waals surface area contributed by atoms with E-state index in [1.54, 1.807) is 11.3 Å². The highest BCUT2D eigenvalue weighted by atomic mass is 32.1. The molecule has 0 atom stereocenters. The Morgan fingerprint density at radius 1 is 0.515 bits per heavy atom. The van der Waals surface area contributed by atoms with Crippen LogP contribution in [-0.2, 0) is 33.3 Å². The Bertz CT molecular complexity index is 3150. The molecule has 66 heavy (non-hydrogen) atoms. The molecular formula is C59H60BF3N2S. The molecule has 6 aromatic carbocycles. The molecule has 0 radical (unpaired) electrons. The average molecular weight is 897 g/mol. The van der Waals surface area contributed by atoms with Crippen LogP contribution in [0.3, 0.4) is 0 Å². The van der Waals surface area contributed by atoms with Crippen molar-refractivity contribution in [1.29, 1.82) is 0 Å². The van der Waals surface area contributed by atoms with Crippen LogP contribution in [0, 0.1) is 0 Å². The molecule has 4 aliphatic rings. The van der Waals surface area contributed by atoms with Gasteiger partial charge in [0.2, 0.25) is 0 Å². The second-order valence-corrected chi connectivity index (χ2v) is 24.4. The van der Waals surface area contributed by atoms with Crippen molar-refractivity contribution in [2.24, 2.45) is 0 Å². The third kappa shape index (κ3) is 6.49. The Kier molecular flexibility index (Phi) is 9.28. The first kappa shape index (κ1) is 43.3. The van der Waals surface area contributed by atoms with Crippen LogP contribution in [0.1, 0.15) is 135 Å². The van der Waals surface area contributed by atoms with Gasteiger partial charge in [-0.15, -0.1) is 11.3 Å². The van der Waals surface area contributed by atoms with E-state index in [0.717, 1.165) is 90.9 Å². The molecule has 0 fully saturated rings. The number of halogens is 3. The quantitative estimate of drug-likeness (QED) is 0.163. The minimum absolute atomic E-state index is 0.0196. The molecule has 0 spiro atoms. The van der Waals surface area contributed by atoms with Crippen LogP contribution in [0.5, 0.6) is 0 Å². The van der Waals surface area contributed by atoms with Gasteiger partial charge in [-0.2, -0.15) is 13.2 Å². The van der Waals surface area contributed by atoms with Gasteiger partial charge in [0.05, 0.1) is 16.3 Å². The lowest BCUT2D eigenvalue weighted by Gasteiger charge is -2.47. The zero-order valence-corrected chi connectivity index (χ0v) is 41.1. The van der Waals surface area contributed by atoms with Crippen molar-refractivity contribution >= 4 is 78.0 Å². The van der Waals surface area contributed by atoms with Gasteiger partial charge in [-0.25, -0.2) is 0 Å². The SMILES string of the molecule is CC(C)(C)c1ccc(N2c3cc(C(F)(F)F)cc4c3B(c3cc5c(cc3N4c3ccc4c(c3)C(C)(C)CCC4(C)C)C(C)(C)CCC5(C)C)c3c2sc2ccccc32)c(-c2ccccc2)c1. The minimum Gasteiger partial charge on any atom is -0.311 e. The normalized spacial score (nSPS) is 18.6. The molecule has 7 aromatic rings. The van der Waals surface area contributed by atoms with Crippen LogP contribution >= 0.6 is 11.3 Å². The number of anilines is 6. The second-order valence-electron chi connectivity index (χ2n) is 23.4. The smallest absolute Gasteiger partial charge is 0.311 e. The molecule has 2 aliphatic carbocycles. The number of thiophene rings is 1. The molecule has 3 heterocycles. The maximum Gasteiger partial charge on any atom is 0.416 e. The Hall–Kier alpha value is -5.27. The van der Waals surface area contributed by atoms with Gasteiger partial charge >= 0.3 is 6.18 Å². The highest BCUT2D eigenvalue weighted by Gasteiger charge is 2.50. The maximum atomic E-state index is 15.9. The zero-order chi connectivity index (χ0) is 46.7. The maximum absolute atomic E-state index is 15.9. The monoisotopic (exact) mass is 896 g/mol. The molecule has 2 nitrogen and oxygen atoms in total. The summed E-state index contributed by atoms with van der Waals surface area (Å²) in [6, 6.07) is 40.1. The van der Waals surface area contributed by atoms with Gasteiger partial charge < -0.3 is 9.80 Å². The van der Waals surface area contributed by atoms with E-state index >= 15 is 13.2 Å². The zero-order valence-electron chi connectivity index (χ0n) is 40.3. The van der Waals surface area contributed by atoms with E-state index in [1.807, 2.05) is 18.2 Å². The number of alkyl halides is 3. The van der Waals surface area contributed by atoms with Gasteiger partial charge in [0.1, 0.15) is 0 Å². The van der Waals surface area contributed by atoms with Gasteiger partial charge in [0.15, 0.2) is 0 Å². The van der Waals surface area contributed by atoms with E-state index in [1.165, 1.54) is 34.4 Å². The predicted octanol–water partition coefficient (Wildman–Crippen LogP) is 15.7. The highest BCUT2D eigenvalue weighted by Crippen LogP contribution is 2.55. The van der Waals surface area contributed by atoms with E-state index < -0.39 is 11.7 Å². The van der Waals surface area contributed by atoms with Gasteiger partial charge in [-0.3, -0.25) is 0 Å². The number of benzene rings is 6. The number of rotatable bonds is 3. The number of hydrogen-bond donors (Lipinski definition) is 0. The van der Waals surface area contributed by atoms with Gasteiger partial charge in [-0.1, -0.05) is 143 Å². The van der Waals surface area contributed by atoms with Crippen LogP contribution in [0.15, 0.2) is 115 Å². The number of nitrogens with zero attached hydrogens (tertiary/aromatic N) is 2. The first-order valence-corrected chi connectivity index (χ1v) is 24.7. The van der Waals surface area contributed by atoms with Crippen LogP contribution in [0.2, 0.25) is 0 Å². The van der Waals surface area contributed by atoms with Crippen molar-refractivity contribution in [2.45, 2.75) is 135 Å². The summed E-state index contributed by atoms with van der Waals surface area (Å²) >= 11 is 1.69. The fourth-order valence-electron chi connectivity index (χ4n) is 12.0. The van der Waals surface area contributed by atoms with Crippen molar-refractivity contribution in [1.82, 2.24) is 0 Å². The third-order valence-electron chi connectivity index (χ3n) is 16.2. The fourth-order valence-corrected chi connectivity index (χ4v) is 13.2. The van der Waals surface area contributed by atoms with Crippen LogP contribution in [0.25, 0.3) is 21.2 Å². The topological polar surface area (TPSA) is 6.48 Å². The van der Waals surface area contributed by atoms with E-state index in [2.05, 4.69) is 171 Å². The molecule has 0 saturated carbocycles. The van der Waals surface area contributed by atoms with Crippen LogP contribution in [-0.4, -0.2) is 6.71 Å². The van der Waals surface area contributed by atoms with E-state index in [9.17, 15) is 0 Å². The summed E-state index contributed by atoms with van der Waals surface area (Å²) in [6.07, 6.45) is -0.415. The van der Waals surface area contributed by atoms with E-state index in [4.69, 9.17) is 0 Å². The Balaban J connectivity index is 1.30. The highest BCUT2D eigenvalue weighted by molar-refractivity contribution is 7.26. The summed E-state index contributed by atoms with van der Waals surface area (Å²) in [5.41, 5.74) is 14.4. The standard InChI is InChI=1S/C59H60BF3N2S/c1-54(2,3)36-21-24-46(40(29-36)35-17-13-12-14-18-35)65-49-31-37(59(61,62)63)30-48-52(49)60(51-39-19-15-16-20-50(39)66-53(51)65)45-33-43-44(58(10,11)28-27-57(43,8)9)34-47(45)64(48)38-22-23-41-42(32-38)56(6,7)26-25-55(41,4)5/h12-24,29-34H,25-28H2,1-11H3. The lowest BCUT2D eigenvalue weighted by atomic mass is 9.33. The molecular weight excluding hydrogens is 837 g/mol. The number of fused-ring (bicyclic) bond motifs is 8. The van der Waals surface area contributed by atoms with Crippen molar-refractivity contribution in [2.75, 3.05) is 9.80 Å². The summed E-state index contributed by atoms with van der Waals surface area (Å²) in [5, 5.41) is 2.11. The molecule has 336 valence electrons. The van der Waals surface area contributed by atoms with Crippen LogP contribution in [0.4, 0.5) is 46.6 Å². The molecule has 0 N–H and O–H groups in total. The molecule has 1 aromatic heterocycles. The largest absolute Gasteiger partial charge is 0.416 e. The summed E-state index contributed by atoms with van der Waals surface area (Å²) in [5.74, 6) is 0. The lowest BCUT2D eigenvalue weighted by molar-refractivity contribution is -0.137. The average Bonchev–Trinajstić information content (AvgIpc) is 3.65.